The van der Waals surface area contributed by atoms with Crippen LogP contribution in [0.15, 0.2) is 24.3 Å². The molecule has 0 aromatic heterocycles. The van der Waals surface area contributed by atoms with E-state index in [1.54, 1.807) is 0 Å². The molecule has 1 saturated carbocycles. The van der Waals surface area contributed by atoms with Gasteiger partial charge in [-0.3, -0.25) is 4.79 Å². The topological polar surface area (TPSA) is 17.1 Å². The molecule has 0 amide bonds. The lowest BCUT2D eigenvalue weighted by Crippen LogP contribution is -2.31. The van der Waals surface area contributed by atoms with Crippen LogP contribution in [0.5, 0.6) is 0 Å². The van der Waals surface area contributed by atoms with E-state index in [0.717, 1.165) is 31.3 Å². The molecule has 2 atom stereocenters. The van der Waals surface area contributed by atoms with E-state index in [1.807, 2.05) is 19.9 Å². The van der Waals surface area contributed by atoms with Crippen molar-refractivity contribution in [1.82, 2.24) is 0 Å². The molecule has 1 fully saturated rings. The zero-order valence-corrected chi connectivity index (χ0v) is 13.2. The second-order valence-electron chi connectivity index (χ2n) is 7.02. The molecule has 0 aromatic rings. The van der Waals surface area contributed by atoms with E-state index >= 15 is 0 Å². The molecule has 0 aromatic carbocycles. The average molecular weight is 262 g/mol. The molecule has 0 N–H and O–H groups in total. The highest BCUT2D eigenvalue weighted by molar-refractivity contribution is 5.84. The third-order valence-electron chi connectivity index (χ3n) is 4.26. The molecule has 1 aliphatic carbocycles. The number of hydrogen-bond acceptors (Lipinski definition) is 1. The van der Waals surface area contributed by atoms with Gasteiger partial charge in [-0.25, -0.2) is 0 Å². The third kappa shape index (κ3) is 5.34. The maximum Gasteiger partial charge on any atom is 0.139 e. The monoisotopic (exact) mass is 262 g/mol. The van der Waals surface area contributed by atoms with Gasteiger partial charge in [-0.05, 0) is 51.4 Å². The molecule has 0 bridgehead atoms. The lowest BCUT2D eigenvalue weighted by atomic mass is 9.69. The highest BCUT2D eigenvalue weighted by Crippen LogP contribution is 2.40. The molecule has 0 saturated heterocycles. The minimum Gasteiger partial charge on any atom is -0.299 e. The molecule has 19 heavy (non-hydrogen) atoms. The predicted molar refractivity (Wildman–Crippen MR) is 83.1 cm³/mol. The Hall–Kier alpha value is -0.850. The summed E-state index contributed by atoms with van der Waals surface area (Å²) >= 11 is 0. The summed E-state index contributed by atoms with van der Waals surface area (Å²) in [5, 5.41) is 0. The molecule has 0 spiro atoms. The molecule has 1 rings (SSSR count). The first-order chi connectivity index (χ1) is 8.85. The molecule has 108 valence electrons. The van der Waals surface area contributed by atoms with Crippen molar-refractivity contribution in [2.24, 2.45) is 17.3 Å². The van der Waals surface area contributed by atoms with Crippen molar-refractivity contribution in [2.75, 3.05) is 0 Å². The fraction of sp³-hybridized carbons (Fsp3) is 0.722. The van der Waals surface area contributed by atoms with Gasteiger partial charge in [0.05, 0.1) is 0 Å². The van der Waals surface area contributed by atoms with Crippen LogP contribution >= 0.6 is 0 Å². The van der Waals surface area contributed by atoms with E-state index in [4.69, 9.17) is 0 Å². The van der Waals surface area contributed by atoms with E-state index in [1.165, 1.54) is 12.8 Å². The molecule has 0 heterocycles. The lowest BCUT2D eigenvalue weighted by Gasteiger charge is -2.35. The first-order valence-electron chi connectivity index (χ1n) is 7.65. The maximum atomic E-state index is 12.8. The summed E-state index contributed by atoms with van der Waals surface area (Å²) in [7, 11) is 0. The maximum absolute atomic E-state index is 12.8. The summed E-state index contributed by atoms with van der Waals surface area (Å²) < 4.78 is 0. The van der Waals surface area contributed by atoms with Crippen molar-refractivity contribution in [3.05, 3.63) is 24.3 Å². The highest BCUT2D eigenvalue weighted by atomic mass is 16.1. The van der Waals surface area contributed by atoms with Crippen LogP contribution in [0.2, 0.25) is 0 Å². The van der Waals surface area contributed by atoms with Gasteiger partial charge >= 0.3 is 0 Å². The Morgan fingerprint density at radius 1 is 1.47 bits per heavy atom. The number of hydrogen-bond donors (Lipinski definition) is 0. The Morgan fingerprint density at radius 2 is 2.16 bits per heavy atom. The summed E-state index contributed by atoms with van der Waals surface area (Å²) in [5.41, 5.74) is 1.46. The van der Waals surface area contributed by atoms with Gasteiger partial charge in [-0.2, -0.15) is 0 Å². The highest BCUT2D eigenvalue weighted by Gasteiger charge is 2.34. The molecule has 1 heteroatoms. The summed E-state index contributed by atoms with van der Waals surface area (Å²) in [6.07, 6.45) is 10.5. The Labute approximate surface area is 119 Å². The zero-order valence-electron chi connectivity index (χ0n) is 13.2. The van der Waals surface area contributed by atoms with Gasteiger partial charge in [0.15, 0.2) is 0 Å². The smallest absolute Gasteiger partial charge is 0.139 e. The van der Waals surface area contributed by atoms with Crippen molar-refractivity contribution in [3.8, 4) is 0 Å². The molecule has 2 unspecified atom stereocenters. The molecule has 0 aliphatic heterocycles. The number of carbonyl (C=O) groups is 1. The van der Waals surface area contributed by atoms with Crippen molar-refractivity contribution in [2.45, 2.75) is 66.2 Å². The minimum atomic E-state index is 0.146. The van der Waals surface area contributed by atoms with Crippen molar-refractivity contribution in [3.63, 3.8) is 0 Å². The second kappa shape index (κ2) is 7.07. The van der Waals surface area contributed by atoms with Gasteiger partial charge in [0.2, 0.25) is 0 Å². The number of rotatable bonds is 6. The van der Waals surface area contributed by atoms with Crippen LogP contribution in [0, 0.1) is 17.3 Å². The van der Waals surface area contributed by atoms with Crippen LogP contribution in [0.25, 0.3) is 0 Å². The summed E-state index contributed by atoms with van der Waals surface area (Å²) in [4.78, 5) is 12.8. The number of carbonyl (C=O) groups excluding carboxylic acids is 1. The quantitative estimate of drug-likeness (QED) is 0.592. The Morgan fingerprint density at radius 3 is 2.68 bits per heavy atom. The van der Waals surface area contributed by atoms with Gasteiger partial charge < -0.3 is 0 Å². The molecule has 1 aliphatic rings. The van der Waals surface area contributed by atoms with Crippen LogP contribution in [0.3, 0.4) is 0 Å². The molecule has 1 nitrogen and oxygen atoms in total. The molecule has 0 radical (unpaired) electrons. The largest absolute Gasteiger partial charge is 0.299 e. The van der Waals surface area contributed by atoms with Gasteiger partial charge in [0, 0.05) is 11.8 Å². The van der Waals surface area contributed by atoms with Crippen LogP contribution in [0.4, 0.5) is 0 Å². The number of allylic oxidation sites excluding steroid dienone is 3. The van der Waals surface area contributed by atoms with Gasteiger partial charge in [-0.1, -0.05) is 38.0 Å². The first kappa shape index (κ1) is 16.2. The van der Waals surface area contributed by atoms with Crippen LogP contribution in [0.1, 0.15) is 66.2 Å². The Kier molecular flexibility index (Phi) is 6.03. The standard InChI is InChI=1S/C18H30O/c1-6-7-9-15(12-14(2)3)17(19)16-10-8-11-18(4,5)13-16/h6-7,15-16H,2,8-13H2,1,3-5H3. The van der Waals surface area contributed by atoms with Crippen molar-refractivity contribution < 1.29 is 4.79 Å². The Bertz CT molecular complexity index is 349. The minimum absolute atomic E-state index is 0.146. The van der Waals surface area contributed by atoms with Crippen LogP contribution in [-0.4, -0.2) is 5.78 Å². The predicted octanol–water partition coefficient (Wildman–Crippen LogP) is 5.32. The van der Waals surface area contributed by atoms with Crippen LogP contribution < -0.4 is 0 Å². The van der Waals surface area contributed by atoms with E-state index in [0.29, 0.717) is 11.2 Å². The van der Waals surface area contributed by atoms with E-state index in [9.17, 15) is 4.79 Å². The van der Waals surface area contributed by atoms with E-state index in [-0.39, 0.29) is 11.8 Å². The number of ketones is 1. The molecular weight excluding hydrogens is 232 g/mol. The number of Topliss-reactive ketones (excluding diaryl/α,β-unsaturated/α-hetero) is 1. The summed E-state index contributed by atoms with van der Waals surface area (Å²) in [5.74, 6) is 0.903. The third-order valence-corrected chi connectivity index (χ3v) is 4.26. The summed E-state index contributed by atoms with van der Waals surface area (Å²) in [6.45, 7) is 12.6. The Balaban J connectivity index is 2.71. The van der Waals surface area contributed by atoms with Gasteiger partial charge in [0.25, 0.3) is 0 Å². The van der Waals surface area contributed by atoms with E-state index in [2.05, 4.69) is 26.5 Å². The van der Waals surface area contributed by atoms with Gasteiger partial charge in [-0.15, -0.1) is 6.58 Å². The zero-order chi connectivity index (χ0) is 14.5. The SMILES string of the molecule is C=C(C)CC(CC=CC)C(=O)C1CCCC(C)(C)C1. The van der Waals surface area contributed by atoms with E-state index < -0.39 is 0 Å². The first-order valence-corrected chi connectivity index (χ1v) is 7.65. The fourth-order valence-electron chi connectivity index (χ4n) is 3.30. The lowest BCUT2D eigenvalue weighted by molar-refractivity contribution is -0.129. The summed E-state index contributed by atoms with van der Waals surface area (Å²) in [6, 6.07) is 0. The van der Waals surface area contributed by atoms with Gasteiger partial charge in [0.1, 0.15) is 5.78 Å². The van der Waals surface area contributed by atoms with Crippen LogP contribution in [-0.2, 0) is 4.79 Å². The molecular formula is C18H30O. The van der Waals surface area contributed by atoms with Crippen molar-refractivity contribution >= 4 is 5.78 Å². The fourth-order valence-corrected chi connectivity index (χ4v) is 3.30. The normalized spacial score (nSPS) is 24.3. The van der Waals surface area contributed by atoms with Crippen molar-refractivity contribution in [1.29, 1.82) is 0 Å². The second-order valence-corrected chi connectivity index (χ2v) is 7.02. The average Bonchev–Trinajstić information content (AvgIpc) is 2.32.